The van der Waals surface area contributed by atoms with Gasteiger partial charge in [0.2, 0.25) is 5.91 Å². The van der Waals surface area contributed by atoms with Crippen molar-refractivity contribution < 1.29 is 9.53 Å². The summed E-state index contributed by atoms with van der Waals surface area (Å²) in [5, 5.41) is 6.34. The van der Waals surface area contributed by atoms with Crippen molar-refractivity contribution in [3.63, 3.8) is 0 Å². The van der Waals surface area contributed by atoms with Gasteiger partial charge in [-0.1, -0.05) is 19.3 Å². The lowest BCUT2D eigenvalue weighted by atomic mass is 9.98. The van der Waals surface area contributed by atoms with E-state index in [9.17, 15) is 4.79 Å². The Kier molecular flexibility index (Phi) is 6.11. The summed E-state index contributed by atoms with van der Waals surface area (Å²) >= 11 is 0. The molecule has 4 nitrogen and oxygen atoms in total. The summed E-state index contributed by atoms with van der Waals surface area (Å²) < 4.78 is 5.81. The summed E-state index contributed by atoms with van der Waals surface area (Å²) in [5.74, 6) is 0.138. The summed E-state index contributed by atoms with van der Waals surface area (Å²) in [4.78, 5) is 12.0. The number of piperidine rings is 1. The van der Waals surface area contributed by atoms with Crippen molar-refractivity contribution in [3.05, 3.63) is 0 Å². The van der Waals surface area contributed by atoms with Gasteiger partial charge in [-0.25, -0.2) is 0 Å². The Labute approximate surface area is 116 Å². The molecule has 0 aromatic rings. The lowest BCUT2D eigenvalue weighted by Gasteiger charge is -2.28. The zero-order valence-corrected chi connectivity index (χ0v) is 12.1. The van der Waals surface area contributed by atoms with Gasteiger partial charge in [0.15, 0.2) is 0 Å². The molecule has 2 fully saturated rings. The largest absolute Gasteiger partial charge is 0.376 e. The van der Waals surface area contributed by atoms with Crippen LogP contribution in [0.25, 0.3) is 0 Å². The van der Waals surface area contributed by atoms with Gasteiger partial charge in [-0.05, 0) is 39.0 Å². The average Bonchev–Trinajstić information content (AvgIpc) is 2.44. The molecule has 1 aliphatic carbocycles. The van der Waals surface area contributed by atoms with E-state index in [0.29, 0.717) is 25.3 Å². The molecule has 2 rings (SSSR count). The number of nitrogens with one attached hydrogen (secondary N) is 2. The molecule has 2 atom stereocenters. The van der Waals surface area contributed by atoms with Gasteiger partial charge in [0.05, 0.1) is 18.8 Å². The third-order valence-electron chi connectivity index (χ3n) is 4.24. The van der Waals surface area contributed by atoms with Crippen LogP contribution in [0.4, 0.5) is 0 Å². The molecule has 19 heavy (non-hydrogen) atoms. The third kappa shape index (κ3) is 5.11. The molecule has 0 aromatic heterocycles. The Morgan fingerprint density at radius 2 is 1.95 bits per heavy atom. The fourth-order valence-electron chi connectivity index (χ4n) is 3.10. The summed E-state index contributed by atoms with van der Waals surface area (Å²) in [6, 6.07) is 0.460. The van der Waals surface area contributed by atoms with E-state index in [-0.39, 0.29) is 11.9 Å². The van der Waals surface area contributed by atoms with Crippen molar-refractivity contribution in [1.29, 1.82) is 0 Å². The summed E-state index contributed by atoms with van der Waals surface area (Å²) in [6.07, 6.45) is 10.0. The molecule has 2 aliphatic rings. The molecule has 110 valence electrons. The number of ether oxygens (including phenoxy) is 1. The molecule has 1 aliphatic heterocycles. The predicted molar refractivity (Wildman–Crippen MR) is 76.1 cm³/mol. The number of amides is 1. The van der Waals surface area contributed by atoms with Crippen LogP contribution in [0.15, 0.2) is 0 Å². The lowest BCUT2D eigenvalue weighted by molar-refractivity contribution is -0.124. The number of rotatable bonds is 5. The van der Waals surface area contributed by atoms with Crippen LogP contribution < -0.4 is 10.6 Å². The van der Waals surface area contributed by atoms with E-state index in [1.165, 1.54) is 38.5 Å². The Morgan fingerprint density at radius 1 is 1.16 bits per heavy atom. The first kappa shape index (κ1) is 14.8. The summed E-state index contributed by atoms with van der Waals surface area (Å²) in [6.45, 7) is 3.44. The topological polar surface area (TPSA) is 50.4 Å². The van der Waals surface area contributed by atoms with Gasteiger partial charge in [-0.15, -0.1) is 0 Å². The maximum atomic E-state index is 12.0. The third-order valence-corrected chi connectivity index (χ3v) is 4.24. The van der Waals surface area contributed by atoms with E-state index in [4.69, 9.17) is 4.74 Å². The Balaban J connectivity index is 1.55. The number of carbonyl (C=O) groups excluding carboxylic acids is 1. The van der Waals surface area contributed by atoms with Gasteiger partial charge < -0.3 is 15.4 Å². The fourth-order valence-corrected chi connectivity index (χ4v) is 3.10. The van der Waals surface area contributed by atoms with E-state index < -0.39 is 0 Å². The lowest BCUT2D eigenvalue weighted by Crippen LogP contribution is -2.50. The minimum Gasteiger partial charge on any atom is -0.376 e. The van der Waals surface area contributed by atoms with Gasteiger partial charge in [-0.2, -0.15) is 0 Å². The van der Waals surface area contributed by atoms with Crippen molar-refractivity contribution in [2.75, 3.05) is 13.2 Å². The highest BCUT2D eigenvalue weighted by atomic mass is 16.5. The van der Waals surface area contributed by atoms with Crippen molar-refractivity contribution in [2.24, 2.45) is 0 Å². The van der Waals surface area contributed by atoms with Crippen LogP contribution in [0.5, 0.6) is 0 Å². The van der Waals surface area contributed by atoms with E-state index >= 15 is 0 Å². The maximum Gasteiger partial charge on any atom is 0.237 e. The minimum absolute atomic E-state index is 0.00145. The zero-order chi connectivity index (χ0) is 13.5. The number of hydrogen-bond donors (Lipinski definition) is 2. The summed E-state index contributed by atoms with van der Waals surface area (Å²) in [5.41, 5.74) is 0. The Bertz CT molecular complexity index is 277. The molecular formula is C15H28N2O2. The van der Waals surface area contributed by atoms with Crippen LogP contribution in [0.1, 0.15) is 58.3 Å². The second-order valence-electron chi connectivity index (χ2n) is 5.97. The Morgan fingerprint density at radius 3 is 2.68 bits per heavy atom. The van der Waals surface area contributed by atoms with E-state index in [1.54, 1.807) is 0 Å². The Hall–Kier alpha value is -0.610. The van der Waals surface area contributed by atoms with Gasteiger partial charge in [0, 0.05) is 12.6 Å². The number of hydrogen-bond acceptors (Lipinski definition) is 3. The van der Waals surface area contributed by atoms with E-state index in [1.807, 2.05) is 0 Å². The molecule has 0 aromatic carbocycles. The predicted octanol–water partition coefficient (Wildman–Crippen LogP) is 1.98. The highest BCUT2D eigenvalue weighted by Gasteiger charge is 2.23. The molecule has 0 radical (unpaired) electrons. The van der Waals surface area contributed by atoms with E-state index in [0.717, 1.165) is 12.8 Å². The molecule has 0 spiro atoms. The molecule has 2 unspecified atom stereocenters. The normalized spacial score (nSPS) is 29.1. The van der Waals surface area contributed by atoms with Gasteiger partial charge in [0.25, 0.3) is 0 Å². The molecular weight excluding hydrogens is 240 g/mol. The SMILES string of the molecule is CC1CCCC(C(=O)NCCOC2CCCCC2)N1. The first-order chi connectivity index (χ1) is 9.25. The van der Waals surface area contributed by atoms with E-state index in [2.05, 4.69) is 17.6 Å². The second-order valence-corrected chi connectivity index (χ2v) is 5.97. The van der Waals surface area contributed by atoms with Gasteiger partial charge in [0.1, 0.15) is 0 Å². The molecule has 1 saturated carbocycles. The van der Waals surface area contributed by atoms with Gasteiger partial charge in [-0.3, -0.25) is 4.79 Å². The molecule has 2 N–H and O–H groups in total. The van der Waals surface area contributed by atoms with Crippen LogP contribution in [0.3, 0.4) is 0 Å². The van der Waals surface area contributed by atoms with Crippen LogP contribution in [0, 0.1) is 0 Å². The standard InChI is InChI=1S/C15H28N2O2/c1-12-6-5-9-14(17-12)15(18)16-10-11-19-13-7-3-2-4-8-13/h12-14,17H,2-11H2,1H3,(H,16,18). The maximum absolute atomic E-state index is 12.0. The highest BCUT2D eigenvalue weighted by Crippen LogP contribution is 2.19. The fraction of sp³-hybridized carbons (Fsp3) is 0.933. The molecule has 1 heterocycles. The number of carbonyl (C=O) groups is 1. The van der Waals surface area contributed by atoms with Crippen LogP contribution >= 0.6 is 0 Å². The molecule has 1 saturated heterocycles. The average molecular weight is 268 g/mol. The highest BCUT2D eigenvalue weighted by molar-refractivity contribution is 5.81. The van der Waals surface area contributed by atoms with Gasteiger partial charge >= 0.3 is 0 Å². The second kappa shape index (κ2) is 7.85. The molecule has 0 bridgehead atoms. The zero-order valence-electron chi connectivity index (χ0n) is 12.1. The first-order valence-electron chi connectivity index (χ1n) is 7.91. The smallest absolute Gasteiger partial charge is 0.237 e. The minimum atomic E-state index is -0.00145. The molecule has 1 amide bonds. The monoisotopic (exact) mass is 268 g/mol. The van der Waals surface area contributed by atoms with Crippen molar-refractivity contribution in [1.82, 2.24) is 10.6 Å². The quantitative estimate of drug-likeness (QED) is 0.750. The molecule has 4 heteroatoms. The summed E-state index contributed by atoms with van der Waals surface area (Å²) in [7, 11) is 0. The van der Waals surface area contributed by atoms with Crippen molar-refractivity contribution in [2.45, 2.75) is 76.5 Å². The van der Waals surface area contributed by atoms with Crippen molar-refractivity contribution >= 4 is 5.91 Å². The van der Waals surface area contributed by atoms with Crippen molar-refractivity contribution in [3.8, 4) is 0 Å². The van der Waals surface area contributed by atoms with Crippen LogP contribution in [0.2, 0.25) is 0 Å². The van der Waals surface area contributed by atoms with Crippen LogP contribution in [-0.4, -0.2) is 37.2 Å². The van der Waals surface area contributed by atoms with Crippen LogP contribution in [-0.2, 0) is 9.53 Å². The first-order valence-corrected chi connectivity index (χ1v) is 7.91.